The summed E-state index contributed by atoms with van der Waals surface area (Å²) in [5, 5.41) is 0. The highest BCUT2D eigenvalue weighted by Gasteiger charge is 2.14. The summed E-state index contributed by atoms with van der Waals surface area (Å²) >= 11 is 3.28. The van der Waals surface area contributed by atoms with Crippen LogP contribution < -0.4 is 11.3 Å². The van der Waals surface area contributed by atoms with Crippen molar-refractivity contribution >= 4 is 33.0 Å². The molecule has 1 aromatic carbocycles. The van der Waals surface area contributed by atoms with Gasteiger partial charge in [0.1, 0.15) is 5.82 Å². The number of benzene rings is 1. The van der Waals surface area contributed by atoms with E-state index >= 15 is 0 Å². The lowest BCUT2D eigenvalue weighted by atomic mass is 10.2. The van der Waals surface area contributed by atoms with Gasteiger partial charge in [-0.25, -0.2) is 9.37 Å². The number of nitrogens with one attached hydrogen (secondary N) is 1. The van der Waals surface area contributed by atoms with E-state index in [4.69, 9.17) is 5.73 Å². The Bertz CT molecular complexity index is 839. The Balaban J connectivity index is 2.13. The number of rotatable bonds is 2. The minimum absolute atomic E-state index is 0.0234. The SMILES string of the molecule is Nc1nc2c(nc(Br)n2Cc2ccc(F)cc2)c(=O)[nH]1. The second-order valence-corrected chi connectivity index (χ2v) is 4.93. The first-order valence-corrected chi connectivity index (χ1v) is 6.50. The predicted molar refractivity (Wildman–Crippen MR) is 75.8 cm³/mol. The Morgan fingerprint density at radius 3 is 2.70 bits per heavy atom. The number of anilines is 1. The first-order chi connectivity index (χ1) is 9.54. The maximum atomic E-state index is 12.9. The number of nitrogens with zero attached hydrogens (tertiary/aromatic N) is 3. The summed E-state index contributed by atoms with van der Waals surface area (Å²) in [6.45, 7) is 0.396. The van der Waals surface area contributed by atoms with E-state index in [1.165, 1.54) is 12.1 Å². The number of hydrogen-bond donors (Lipinski definition) is 2. The lowest BCUT2D eigenvalue weighted by Crippen LogP contribution is -2.12. The zero-order chi connectivity index (χ0) is 14.3. The molecule has 0 aliphatic heterocycles. The van der Waals surface area contributed by atoms with Crippen LogP contribution in [0, 0.1) is 5.82 Å². The Morgan fingerprint density at radius 2 is 2.00 bits per heavy atom. The van der Waals surface area contributed by atoms with Crippen LogP contribution in [0.15, 0.2) is 33.8 Å². The molecule has 2 aromatic heterocycles. The van der Waals surface area contributed by atoms with Gasteiger partial charge >= 0.3 is 0 Å². The molecule has 3 N–H and O–H groups in total. The van der Waals surface area contributed by atoms with Crippen molar-refractivity contribution in [3.63, 3.8) is 0 Å². The van der Waals surface area contributed by atoms with Crippen LogP contribution in [0.5, 0.6) is 0 Å². The molecule has 0 unspecified atom stereocenters. The molecule has 6 nitrogen and oxygen atoms in total. The average Bonchev–Trinajstić information content (AvgIpc) is 2.70. The van der Waals surface area contributed by atoms with Gasteiger partial charge in [0.25, 0.3) is 5.56 Å². The van der Waals surface area contributed by atoms with E-state index < -0.39 is 5.56 Å². The van der Waals surface area contributed by atoms with Crippen molar-refractivity contribution in [2.24, 2.45) is 0 Å². The smallest absolute Gasteiger partial charge is 0.280 e. The largest absolute Gasteiger partial charge is 0.369 e. The highest BCUT2D eigenvalue weighted by atomic mass is 79.9. The fourth-order valence-corrected chi connectivity index (χ4v) is 2.38. The van der Waals surface area contributed by atoms with Crippen LogP contribution in [0.4, 0.5) is 10.3 Å². The van der Waals surface area contributed by atoms with Gasteiger partial charge in [-0.15, -0.1) is 0 Å². The third kappa shape index (κ3) is 2.18. The number of aromatic nitrogens is 4. The standard InChI is InChI=1S/C12H9BrFN5O/c13-11-16-8-9(17-12(15)18-10(8)20)19(11)5-6-1-3-7(14)4-2-6/h1-4H,5H2,(H3,15,17,18,20). The summed E-state index contributed by atoms with van der Waals surface area (Å²) in [6, 6.07) is 6.06. The Morgan fingerprint density at radius 1 is 1.30 bits per heavy atom. The van der Waals surface area contributed by atoms with Gasteiger partial charge in [-0.3, -0.25) is 14.3 Å². The number of halogens is 2. The number of H-pyrrole nitrogens is 1. The van der Waals surface area contributed by atoms with E-state index in [-0.39, 0.29) is 17.3 Å². The number of nitrogen functional groups attached to an aromatic ring is 1. The van der Waals surface area contributed by atoms with Gasteiger partial charge in [-0.2, -0.15) is 4.98 Å². The molecule has 0 aliphatic carbocycles. The van der Waals surface area contributed by atoms with Gasteiger partial charge in [-0.05, 0) is 33.6 Å². The molecular weight excluding hydrogens is 329 g/mol. The van der Waals surface area contributed by atoms with Gasteiger partial charge in [-0.1, -0.05) is 12.1 Å². The van der Waals surface area contributed by atoms with E-state index in [0.29, 0.717) is 16.9 Å². The van der Waals surface area contributed by atoms with Crippen LogP contribution in [-0.2, 0) is 6.54 Å². The van der Waals surface area contributed by atoms with Crippen LogP contribution >= 0.6 is 15.9 Å². The lowest BCUT2D eigenvalue weighted by Gasteiger charge is -2.05. The number of aromatic amines is 1. The number of hydrogen-bond acceptors (Lipinski definition) is 4. The fourth-order valence-electron chi connectivity index (χ4n) is 1.91. The van der Waals surface area contributed by atoms with Crippen molar-refractivity contribution in [3.05, 3.63) is 50.7 Å². The zero-order valence-electron chi connectivity index (χ0n) is 10.1. The molecule has 0 radical (unpaired) electrons. The van der Waals surface area contributed by atoms with Gasteiger partial charge < -0.3 is 5.73 Å². The number of nitrogens with two attached hydrogens (primary N) is 1. The summed E-state index contributed by atoms with van der Waals surface area (Å²) in [7, 11) is 0. The van der Waals surface area contributed by atoms with E-state index in [0.717, 1.165) is 5.56 Å². The van der Waals surface area contributed by atoms with Crippen LogP contribution in [0.2, 0.25) is 0 Å². The molecular formula is C12H9BrFN5O. The summed E-state index contributed by atoms with van der Waals surface area (Å²) in [6.07, 6.45) is 0. The highest BCUT2D eigenvalue weighted by Crippen LogP contribution is 2.18. The van der Waals surface area contributed by atoms with Crippen molar-refractivity contribution in [1.82, 2.24) is 19.5 Å². The molecule has 3 aromatic rings. The first kappa shape index (κ1) is 12.8. The Hall–Kier alpha value is -2.22. The van der Waals surface area contributed by atoms with Crippen LogP contribution in [0.1, 0.15) is 5.56 Å². The van der Waals surface area contributed by atoms with Crippen molar-refractivity contribution in [1.29, 1.82) is 0 Å². The van der Waals surface area contributed by atoms with Gasteiger partial charge in [0.2, 0.25) is 5.95 Å². The predicted octanol–water partition coefficient (Wildman–Crippen LogP) is 1.65. The van der Waals surface area contributed by atoms with Crippen molar-refractivity contribution in [2.45, 2.75) is 6.54 Å². The molecule has 0 spiro atoms. The monoisotopic (exact) mass is 337 g/mol. The molecule has 0 atom stereocenters. The third-order valence-corrected chi connectivity index (χ3v) is 3.44. The quantitative estimate of drug-likeness (QED) is 0.696. The molecule has 0 saturated heterocycles. The molecule has 8 heteroatoms. The van der Waals surface area contributed by atoms with Crippen LogP contribution in [0.3, 0.4) is 0 Å². The first-order valence-electron chi connectivity index (χ1n) is 5.70. The average molecular weight is 338 g/mol. The van der Waals surface area contributed by atoms with E-state index in [2.05, 4.69) is 30.9 Å². The van der Waals surface area contributed by atoms with Crippen molar-refractivity contribution < 1.29 is 4.39 Å². The molecule has 0 amide bonds. The summed E-state index contributed by atoms with van der Waals surface area (Å²) in [5.41, 5.74) is 6.58. The maximum Gasteiger partial charge on any atom is 0.280 e. The highest BCUT2D eigenvalue weighted by molar-refractivity contribution is 9.10. The zero-order valence-corrected chi connectivity index (χ0v) is 11.7. The van der Waals surface area contributed by atoms with E-state index in [1.54, 1.807) is 16.7 Å². The minimum atomic E-state index is -0.397. The molecule has 2 heterocycles. The van der Waals surface area contributed by atoms with Crippen molar-refractivity contribution in [3.8, 4) is 0 Å². The molecule has 0 aliphatic rings. The van der Waals surface area contributed by atoms with Crippen LogP contribution in [-0.4, -0.2) is 19.5 Å². The van der Waals surface area contributed by atoms with E-state index in [9.17, 15) is 9.18 Å². The minimum Gasteiger partial charge on any atom is -0.369 e. The molecule has 0 fully saturated rings. The molecule has 0 bridgehead atoms. The molecule has 0 saturated carbocycles. The molecule has 102 valence electrons. The maximum absolute atomic E-state index is 12.9. The second-order valence-electron chi connectivity index (χ2n) is 4.22. The Labute approximate surface area is 120 Å². The number of fused-ring (bicyclic) bond motifs is 1. The topological polar surface area (TPSA) is 89.6 Å². The van der Waals surface area contributed by atoms with Gasteiger partial charge in [0, 0.05) is 0 Å². The fraction of sp³-hybridized carbons (Fsp3) is 0.0833. The summed E-state index contributed by atoms with van der Waals surface area (Å²) in [4.78, 5) is 22.3. The lowest BCUT2D eigenvalue weighted by molar-refractivity contribution is 0.626. The summed E-state index contributed by atoms with van der Waals surface area (Å²) in [5.74, 6) is -0.280. The number of imidazole rings is 1. The third-order valence-electron chi connectivity index (χ3n) is 2.83. The molecule has 20 heavy (non-hydrogen) atoms. The van der Waals surface area contributed by atoms with Crippen LogP contribution in [0.25, 0.3) is 11.2 Å². The van der Waals surface area contributed by atoms with Gasteiger partial charge in [0.15, 0.2) is 15.9 Å². The normalized spacial score (nSPS) is 11.1. The molecule has 3 rings (SSSR count). The summed E-state index contributed by atoms with van der Waals surface area (Å²) < 4.78 is 15.0. The van der Waals surface area contributed by atoms with E-state index in [1.807, 2.05) is 0 Å². The van der Waals surface area contributed by atoms with Crippen molar-refractivity contribution in [2.75, 3.05) is 5.73 Å². The Kier molecular flexibility index (Phi) is 3.01. The second kappa shape index (κ2) is 4.71. The van der Waals surface area contributed by atoms with Gasteiger partial charge in [0.05, 0.1) is 6.54 Å².